The minimum absolute atomic E-state index is 0.485. The average Bonchev–Trinajstić information content (AvgIpc) is 3.13. The van der Waals surface area contributed by atoms with Crippen molar-refractivity contribution >= 4 is 33.9 Å². The molecule has 3 N–H and O–H groups in total. The van der Waals surface area contributed by atoms with E-state index in [1.807, 2.05) is 37.4 Å². The number of benzene rings is 2. The first-order valence-corrected chi connectivity index (χ1v) is 10.4. The summed E-state index contributed by atoms with van der Waals surface area (Å²) >= 11 is 0. The second kappa shape index (κ2) is 8.55. The highest BCUT2D eigenvalue weighted by Gasteiger charge is 2.15. The molecule has 0 saturated heterocycles. The van der Waals surface area contributed by atoms with Crippen molar-refractivity contribution < 1.29 is 4.74 Å². The summed E-state index contributed by atoms with van der Waals surface area (Å²) in [6.45, 7) is 5.95. The Morgan fingerprint density at radius 2 is 1.90 bits per heavy atom. The molecule has 2 aromatic heterocycles. The van der Waals surface area contributed by atoms with E-state index in [1.165, 1.54) is 0 Å². The summed E-state index contributed by atoms with van der Waals surface area (Å²) < 4.78 is 7.73. The first-order valence-electron chi connectivity index (χ1n) is 10.4. The molecule has 7 heteroatoms. The molecule has 31 heavy (non-hydrogen) atoms. The summed E-state index contributed by atoms with van der Waals surface area (Å²) in [6.07, 6.45) is 3.85. The van der Waals surface area contributed by atoms with Crippen molar-refractivity contribution in [2.24, 2.45) is 7.05 Å². The van der Waals surface area contributed by atoms with E-state index in [9.17, 15) is 0 Å². The molecule has 0 amide bonds. The Hall–Kier alpha value is -3.74. The van der Waals surface area contributed by atoms with Crippen LogP contribution in [-0.2, 0) is 7.05 Å². The first-order chi connectivity index (χ1) is 15.0. The quantitative estimate of drug-likeness (QED) is 0.421. The fraction of sp³-hybridized carbons (Fsp3) is 0.250. The van der Waals surface area contributed by atoms with Crippen molar-refractivity contribution in [1.82, 2.24) is 14.5 Å². The lowest BCUT2D eigenvalue weighted by molar-refractivity contribution is 0.417. The van der Waals surface area contributed by atoms with Crippen LogP contribution >= 0.6 is 0 Å². The molecule has 0 atom stereocenters. The van der Waals surface area contributed by atoms with Gasteiger partial charge < -0.3 is 25.3 Å². The van der Waals surface area contributed by atoms with E-state index in [0.29, 0.717) is 17.4 Å². The van der Waals surface area contributed by atoms with Crippen LogP contribution < -0.4 is 20.7 Å². The van der Waals surface area contributed by atoms with Crippen LogP contribution in [-0.4, -0.2) is 34.7 Å². The molecule has 0 unspecified atom stereocenters. The standard InChI is InChI=1S/C24H28N6O/c1-5-30(6-2)22-14-23(31-4)20(13-18(22)25)28-24-26-12-11-19(27-24)17-15-29(3)21-10-8-7-9-16(17)21/h7-15H,5-6,25H2,1-4H3,(H,26,27,28). The highest BCUT2D eigenvalue weighted by molar-refractivity contribution is 5.95. The molecule has 0 aliphatic carbocycles. The number of ether oxygens (including phenoxy) is 1. The predicted octanol–water partition coefficient (Wildman–Crippen LogP) is 4.82. The summed E-state index contributed by atoms with van der Waals surface area (Å²) in [7, 11) is 3.69. The third kappa shape index (κ3) is 3.86. The van der Waals surface area contributed by atoms with Crippen LogP contribution in [0.2, 0.25) is 0 Å². The zero-order valence-electron chi connectivity index (χ0n) is 18.4. The lowest BCUT2D eigenvalue weighted by Gasteiger charge is -2.24. The maximum absolute atomic E-state index is 6.36. The minimum atomic E-state index is 0.485. The van der Waals surface area contributed by atoms with Gasteiger partial charge in [-0.1, -0.05) is 18.2 Å². The van der Waals surface area contributed by atoms with E-state index in [4.69, 9.17) is 15.5 Å². The van der Waals surface area contributed by atoms with Gasteiger partial charge in [0, 0.05) is 55.1 Å². The largest absolute Gasteiger partial charge is 0.494 e. The zero-order valence-corrected chi connectivity index (χ0v) is 18.4. The first kappa shape index (κ1) is 20.5. The van der Waals surface area contributed by atoms with Crippen molar-refractivity contribution in [2.45, 2.75) is 13.8 Å². The molecule has 0 aliphatic heterocycles. The molecule has 0 radical (unpaired) electrons. The number of rotatable bonds is 7. The maximum atomic E-state index is 6.36. The normalized spacial score (nSPS) is 11.0. The molecule has 2 aromatic carbocycles. The van der Waals surface area contributed by atoms with Gasteiger partial charge in [-0.05, 0) is 32.0 Å². The number of nitrogens with two attached hydrogens (primary N) is 1. The third-order valence-electron chi connectivity index (χ3n) is 5.53. The van der Waals surface area contributed by atoms with E-state index in [0.717, 1.165) is 46.6 Å². The van der Waals surface area contributed by atoms with E-state index in [1.54, 1.807) is 13.3 Å². The minimum Gasteiger partial charge on any atom is -0.494 e. The number of hydrogen-bond acceptors (Lipinski definition) is 6. The molecular weight excluding hydrogens is 388 g/mol. The van der Waals surface area contributed by atoms with Crippen molar-refractivity contribution in [1.29, 1.82) is 0 Å². The summed E-state index contributed by atoms with van der Waals surface area (Å²) in [5.74, 6) is 1.17. The van der Waals surface area contributed by atoms with Crippen molar-refractivity contribution in [3.05, 3.63) is 54.9 Å². The lowest BCUT2D eigenvalue weighted by Crippen LogP contribution is -2.23. The van der Waals surface area contributed by atoms with Gasteiger partial charge >= 0.3 is 0 Å². The second-order valence-electron chi connectivity index (χ2n) is 7.34. The van der Waals surface area contributed by atoms with Gasteiger partial charge in [0.15, 0.2) is 0 Å². The van der Waals surface area contributed by atoms with Crippen LogP contribution in [0.4, 0.5) is 23.0 Å². The highest BCUT2D eigenvalue weighted by atomic mass is 16.5. The molecule has 4 rings (SSSR count). The number of nitrogens with one attached hydrogen (secondary N) is 1. The van der Waals surface area contributed by atoms with Crippen LogP contribution in [0, 0.1) is 0 Å². The van der Waals surface area contributed by atoms with Gasteiger partial charge in [0.05, 0.1) is 29.9 Å². The van der Waals surface area contributed by atoms with E-state index in [2.05, 4.69) is 51.9 Å². The molecule has 0 fully saturated rings. The van der Waals surface area contributed by atoms with E-state index >= 15 is 0 Å². The lowest BCUT2D eigenvalue weighted by atomic mass is 10.1. The summed E-state index contributed by atoms with van der Waals surface area (Å²) in [4.78, 5) is 11.4. The molecule has 160 valence electrons. The Balaban J connectivity index is 1.70. The zero-order chi connectivity index (χ0) is 22.0. The summed E-state index contributed by atoms with van der Waals surface area (Å²) in [5, 5.41) is 4.43. The van der Waals surface area contributed by atoms with Gasteiger partial charge in [-0.15, -0.1) is 0 Å². The fourth-order valence-electron chi connectivity index (χ4n) is 3.93. The Kier molecular flexibility index (Phi) is 5.66. The number of hydrogen-bond donors (Lipinski definition) is 2. The second-order valence-corrected chi connectivity index (χ2v) is 7.34. The van der Waals surface area contributed by atoms with Gasteiger partial charge in [0.1, 0.15) is 5.75 Å². The van der Waals surface area contributed by atoms with Crippen LogP contribution in [0.3, 0.4) is 0 Å². The predicted molar refractivity (Wildman–Crippen MR) is 128 cm³/mol. The molecule has 2 heterocycles. The maximum Gasteiger partial charge on any atom is 0.227 e. The Bertz CT molecular complexity index is 1210. The number of methoxy groups -OCH3 is 1. The summed E-state index contributed by atoms with van der Waals surface area (Å²) in [6, 6.07) is 14.0. The monoisotopic (exact) mass is 416 g/mol. The third-order valence-corrected chi connectivity index (χ3v) is 5.53. The van der Waals surface area contributed by atoms with Crippen molar-refractivity contribution in [3.8, 4) is 17.0 Å². The topological polar surface area (TPSA) is 81.2 Å². The van der Waals surface area contributed by atoms with Crippen LogP contribution in [0.1, 0.15) is 13.8 Å². The molecule has 0 aliphatic rings. The van der Waals surface area contributed by atoms with E-state index in [-0.39, 0.29) is 0 Å². The number of aromatic nitrogens is 3. The molecule has 7 nitrogen and oxygen atoms in total. The van der Waals surface area contributed by atoms with Gasteiger partial charge in [-0.3, -0.25) is 0 Å². The SMILES string of the molecule is CCN(CC)c1cc(OC)c(Nc2nccc(-c3cn(C)c4ccccc34)n2)cc1N. The number of anilines is 4. The van der Waals surface area contributed by atoms with Crippen LogP contribution in [0.15, 0.2) is 54.9 Å². The average molecular weight is 417 g/mol. The molecule has 0 bridgehead atoms. The molecule has 0 spiro atoms. The van der Waals surface area contributed by atoms with E-state index < -0.39 is 0 Å². The van der Waals surface area contributed by atoms with Gasteiger partial charge in [0.2, 0.25) is 5.95 Å². The van der Waals surface area contributed by atoms with Crippen molar-refractivity contribution in [3.63, 3.8) is 0 Å². The Morgan fingerprint density at radius 1 is 1.13 bits per heavy atom. The number of nitrogens with zero attached hydrogens (tertiary/aromatic N) is 4. The van der Waals surface area contributed by atoms with Gasteiger partial charge in [-0.25, -0.2) is 9.97 Å². The van der Waals surface area contributed by atoms with Gasteiger partial charge in [-0.2, -0.15) is 0 Å². The Labute approximate surface area is 182 Å². The van der Waals surface area contributed by atoms with Crippen molar-refractivity contribution in [2.75, 3.05) is 36.1 Å². The molecule has 4 aromatic rings. The number of aryl methyl sites for hydroxylation is 1. The number of fused-ring (bicyclic) bond motifs is 1. The van der Waals surface area contributed by atoms with Crippen LogP contribution in [0.25, 0.3) is 22.2 Å². The molecular formula is C24H28N6O. The van der Waals surface area contributed by atoms with Crippen LogP contribution in [0.5, 0.6) is 5.75 Å². The number of nitrogen functional groups attached to an aromatic ring is 1. The molecule has 0 saturated carbocycles. The number of para-hydroxylation sites is 1. The Morgan fingerprint density at radius 3 is 2.65 bits per heavy atom. The summed E-state index contributed by atoms with van der Waals surface area (Å²) in [5.41, 5.74) is 11.8. The highest BCUT2D eigenvalue weighted by Crippen LogP contribution is 2.37. The smallest absolute Gasteiger partial charge is 0.227 e. The fourth-order valence-corrected chi connectivity index (χ4v) is 3.93. The van der Waals surface area contributed by atoms with Gasteiger partial charge in [0.25, 0.3) is 0 Å².